The predicted molar refractivity (Wildman–Crippen MR) is 68.3 cm³/mol. The minimum atomic E-state index is 0.376. The fourth-order valence-electron chi connectivity index (χ4n) is 1.55. The van der Waals surface area contributed by atoms with Crippen molar-refractivity contribution in [3.8, 4) is 6.07 Å². The van der Waals surface area contributed by atoms with Crippen LogP contribution in [-0.2, 0) is 11.2 Å². The summed E-state index contributed by atoms with van der Waals surface area (Å²) in [5, 5.41) is 11.5. The van der Waals surface area contributed by atoms with Crippen molar-refractivity contribution in [1.29, 1.82) is 5.26 Å². The molecular weight excluding hydrogens is 232 g/mol. The number of hydrogen-bond donors (Lipinski definition) is 0. The highest BCUT2D eigenvalue weighted by Gasteiger charge is 2.08. The molecule has 0 aliphatic heterocycles. The molecule has 1 aliphatic carbocycles. The van der Waals surface area contributed by atoms with Gasteiger partial charge in [-0.3, -0.25) is 0 Å². The number of methoxy groups -OCH3 is 1. The summed E-state index contributed by atoms with van der Waals surface area (Å²) in [6.45, 7) is 0. The Hall–Kier alpha value is -1.86. The smallest absolute Gasteiger partial charge is 0.119 e. The van der Waals surface area contributed by atoms with E-state index in [1.807, 2.05) is 23.6 Å². The van der Waals surface area contributed by atoms with E-state index in [0.29, 0.717) is 6.42 Å². The lowest BCUT2D eigenvalue weighted by Crippen LogP contribution is -1.88. The van der Waals surface area contributed by atoms with Crippen molar-refractivity contribution < 1.29 is 4.74 Å². The topological polar surface area (TPSA) is 45.9 Å². The van der Waals surface area contributed by atoms with E-state index in [2.05, 4.69) is 17.1 Å². The van der Waals surface area contributed by atoms with E-state index in [1.54, 1.807) is 7.11 Å². The Labute approximate surface area is 104 Å². The third-order valence-corrected chi connectivity index (χ3v) is 3.25. The van der Waals surface area contributed by atoms with Crippen LogP contribution in [0.4, 0.5) is 0 Å². The first-order chi connectivity index (χ1) is 8.33. The molecule has 0 fully saturated rings. The summed E-state index contributed by atoms with van der Waals surface area (Å²) >= 11 is 1.52. The lowest BCUT2D eigenvalue weighted by atomic mass is 10.1. The van der Waals surface area contributed by atoms with Gasteiger partial charge in [-0.25, -0.2) is 4.98 Å². The Morgan fingerprint density at radius 2 is 2.47 bits per heavy atom. The number of nitrogens with zero attached hydrogens (tertiary/aromatic N) is 2. The summed E-state index contributed by atoms with van der Waals surface area (Å²) in [7, 11) is 1.65. The van der Waals surface area contributed by atoms with Crippen LogP contribution in [0.2, 0.25) is 0 Å². The average molecular weight is 244 g/mol. The fourth-order valence-corrected chi connectivity index (χ4v) is 2.30. The number of ether oxygens (including phenoxy) is 1. The molecule has 0 unspecified atom stereocenters. The minimum Gasteiger partial charge on any atom is -0.497 e. The number of thiazole rings is 1. The van der Waals surface area contributed by atoms with Crippen LogP contribution in [0.15, 0.2) is 35.4 Å². The van der Waals surface area contributed by atoms with Crippen molar-refractivity contribution >= 4 is 16.9 Å². The van der Waals surface area contributed by atoms with Gasteiger partial charge < -0.3 is 4.74 Å². The molecule has 0 radical (unpaired) electrons. The standard InChI is InChI=1S/C13H12N2OS/c1-16-11-5-3-2-4-10(8-11)12-9-17-13(15-12)6-7-14/h2-3,5,8-9H,4,6H2,1H3. The fraction of sp³-hybridized carbons (Fsp3) is 0.231. The van der Waals surface area contributed by atoms with Crippen molar-refractivity contribution in [2.75, 3.05) is 7.11 Å². The van der Waals surface area contributed by atoms with Gasteiger partial charge in [0.1, 0.15) is 10.8 Å². The SMILES string of the molecule is COC1=CC=CCC(c2csc(CC#N)n2)=C1. The maximum absolute atomic E-state index is 8.63. The summed E-state index contributed by atoms with van der Waals surface area (Å²) in [6, 6.07) is 2.11. The van der Waals surface area contributed by atoms with Gasteiger partial charge in [0.05, 0.1) is 25.3 Å². The van der Waals surface area contributed by atoms with Crippen molar-refractivity contribution in [3.63, 3.8) is 0 Å². The van der Waals surface area contributed by atoms with Crippen molar-refractivity contribution in [3.05, 3.63) is 46.1 Å². The molecule has 1 aliphatic rings. The molecule has 0 saturated heterocycles. The molecule has 0 spiro atoms. The quantitative estimate of drug-likeness (QED) is 0.820. The highest BCUT2D eigenvalue weighted by molar-refractivity contribution is 7.09. The van der Waals surface area contributed by atoms with Crippen LogP contribution in [0.25, 0.3) is 5.57 Å². The van der Waals surface area contributed by atoms with Gasteiger partial charge in [-0.1, -0.05) is 12.2 Å². The van der Waals surface area contributed by atoms with E-state index < -0.39 is 0 Å². The lowest BCUT2D eigenvalue weighted by Gasteiger charge is -2.02. The minimum absolute atomic E-state index is 0.376. The number of allylic oxidation sites excluding steroid dienone is 5. The molecule has 0 bridgehead atoms. The molecule has 86 valence electrons. The number of hydrogen-bond acceptors (Lipinski definition) is 4. The van der Waals surface area contributed by atoms with Gasteiger partial charge in [-0.05, 0) is 24.1 Å². The Balaban J connectivity index is 2.27. The van der Waals surface area contributed by atoms with E-state index in [4.69, 9.17) is 10.00 Å². The highest BCUT2D eigenvalue weighted by atomic mass is 32.1. The van der Waals surface area contributed by atoms with Crippen LogP contribution < -0.4 is 0 Å². The molecular formula is C13H12N2OS. The van der Waals surface area contributed by atoms with Crippen LogP contribution in [0.1, 0.15) is 17.1 Å². The van der Waals surface area contributed by atoms with Crippen LogP contribution in [0.3, 0.4) is 0 Å². The summed E-state index contributed by atoms with van der Waals surface area (Å²) < 4.78 is 5.23. The molecule has 0 aromatic carbocycles. The van der Waals surface area contributed by atoms with E-state index in [0.717, 1.165) is 28.5 Å². The molecule has 1 aromatic heterocycles. The third kappa shape index (κ3) is 2.83. The molecule has 0 N–H and O–H groups in total. The van der Waals surface area contributed by atoms with Crippen molar-refractivity contribution in [2.24, 2.45) is 0 Å². The van der Waals surface area contributed by atoms with Crippen LogP contribution in [0.5, 0.6) is 0 Å². The summed E-state index contributed by atoms with van der Waals surface area (Å²) in [6.07, 6.45) is 9.17. The van der Waals surface area contributed by atoms with Gasteiger partial charge in [-0.15, -0.1) is 11.3 Å². The number of nitriles is 1. The van der Waals surface area contributed by atoms with Gasteiger partial charge in [0.15, 0.2) is 0 Å². The maximum atomic E-state index is 8.63. The van der Waals surface area contributed by atoms with E-state index in [9.17, 15) is 0 Å². The van der Waals surface area contributed by atoms with Crippen molar-refractivity contribution in [2.45, 2.75) is 12.8 Å². The zero-order valence-electron chi connectivity index (χ0n) is 9.51. The normalized spacial score (nSPS) is 14.6. The Bertz CT molecular complexity index is 532. The molecule has 0 atom stereocenters. The van der Waals surface area contributed by atoms with Crippen LogP contribution >= 0.6 is 11.3 Å². The van der Waals surface area contributed by atoms with E-state index in [1.165, 1.54) is 11.3 Å². The second-order valence-electron chi connectivity index (χ2n) is 3.54. The van der Waals surface area contributed by atoms with Crippen LogP contribution in [0, 0.1) is 11.3 Å². The Morgan fingerprint density at radius 1 is 1.59 bits per heavy atom. The zero-order chi connectivity index (χ0) is 12.1. The second-order valence-corrected chi connectivity index (χ2v) is 4.48. The van der Waals surface area contributed by atoms with Gasteiger partial charge in [0.2, 0.25) is 0 Å². The molecule has 0 saturated carbocycles. The largest absolute Gasteiger partial charge is 0.497 e. The zero-order valence-corrected chi connectivity index (χ0v) is 10.3. The molecule has 1 aromatic rings. The summed E-state index contributed by atoms with van der Waals surface area (Å²) in [4.78, 5) is 4.45. The Morgan fingerprint density at radius 3 is 3.24 bits per heavy atom. The van der Waals surface area contributed by atoms with E-state index in [-0.39, 0.29) is 0 Å². The maximum Gasteiger partial charge on any atom is 0.119 e. The van der Waals surface area contributed by atoms with Gasteiger partial charge >= 0.3 is 0 Å². The third-order valence-electron chi connectivity index (χ3n) is 2.40. The monoisotopic (exact) mass is 244 g/mol. The summed E-state index contributed by atoms with van der Waals surface area (Å²) in [5.41, 5.74) is 2.06. The molecule has 17 heavy (non-hydrogen) atoms. The first kappa shape index (κ1) is 11.6. The first-order valence-corrected chi connectivity index (χ1v) is 6.14. The van der Waals surface area contributed by atoms with Gasteiger partial charge in [-0.2, -0.15) is 5.26 Å². The molecule has 4 heteroatoms. The first-order valence-electron chi connectivity index (χ1n) is 5.26. The Kier molecular flexibility index (Phi) is 3.73. The predicted octanol–water partition coefficient (Wildman–Crippen LogP) is 3.08. The lowest BCUT2D eigenvalue weighted by molar-refractivity contribution is 0.307. The molecule has 3 nitrogen and oxygen atoms in total. The molecule has 2 rings (SSSR count). The highest BCUT2D eigenvalue weighted by Crippen LogP contribution is 2.24. The van der Waals surface area contributed by atoms with Gasteiger partial charge in [0, 0.05) is 5.38 Å². The molecule has 1 heterocycles. The molecule has 0 amide bonds. The van der Waals surface area contributed by atoms with E-state index >= 15 is 0 Å². The van der Waals surface area contributed by atoms with Crippen molar-refractivity contribution in [1.82, 2.24) is 4.98 Å². The number of aromatic nitrogens is 1. The summed E-state index contributed by atoms with van der Waals surface area (Å²) in [5.74, 6) is 0.823. The van der Waals surface area contributed by atoms with Crippen LogP contribution in [-0.4, -0.2) is 12.1 Å². The average Bonchev–Trinajstić information content (AvgIpc) is 2.67. The number of rotatable bonds is 3. The second kappa shape index (κ2) is 5.46. The van der Waals surface area contributed by atoms with Gasteiger partial charge in [0.25, 0.3) is 0 Å².